The Morgan fingerprint density at radius 3 is 2.20 bits per heavy atom. The minimum absolute atomic E-state index is 0.0834. The fourth-order valence-corrected chi connectivity index (χ4v) is 4.26. The molecule has 0 atom stereocenters. The molecule has 9 nitrogen and oxygen atoms in total. The first kappa shape index (κ1) is 23.5. The highest BCUT2D eigenvalue weighted by atomic mass is 32.2. The number of sulfonamides is 1. The summed E-state index contributed by atoms with van der Waals surface area (Å²) < 4.78 is 43.0. The van der Waals surface area contributed by atoms with Crippen molar-refractivity contribution in [1.82, 2.24) is 9.79 Å². The van der Waals surface area contributed by atoms with Gasteiger partial charge in [-0.3, -0.25) is 10.0 Å². The molecule has 1 amide bonds. The van der Waals surface area contributed by atoms with Crippen molar-refractivity contribution in [1.29, 1.82) is 0 Å². The lowest BCUT2D eigenvalue weighted by atomic mass is 10.1. The van der Waals surface area contributed by atoms with E-state index in [0.29, 0.717) is 23.7 Å². The Bertz CT molecular complexity index is 946. The summed E-state index contributed by atoms with van der Waals surface area (Å²) >= 11 is 0. The molecule has 0 bridgehead atoms. The number of nitrogens with one attached hydrogen (secondary N) is 1. The zero-order valence-electron chi connectivity index (χ0n) is 17.1. The van der Waals surface area contributed by atoms with Crippen molar-refractivity contribution in [3.8, 4) is 17.2 Å². The van der Waals surface area contributed by atoms with Gasteiger partial charge in [-0.15, -0.1) is 0 Å². The smallest absolute Gasteiger partial charge is 0.244 e. The molecule has 0 radical (unpaired) electrons. The molecule has 2 aromatic carbocycles. The van der Waals surface area contributed by atoms with Crippen molar-refractivity contribution < 1.29 is 32.6 Å². The molecule has 0 aliphatic carbocycles. The zero-order chi connectivity index (χ0) is 22.1. The van der Waals surface area contributed by atoms with Crippen LogP contribution in [-0.2, 0) is 21.2 Å². The van der Waals surface area contributed by atoms with Gasteiger partial charge in [-0.1, -0.05) is 6.07 Å². The molecule has 0 unspecified atom stereocenters. The van der Waals surface area contributed by atoms with Crippen LogP contribution in [0, 0.1) is 0 Å². The Morgan fingerprint density at radius 2 is 1.63 bits per heavy atom. The Balaban J connectivity index is 2.24. The Labute approximate surface area is 176 Å². The molecule has 2 aromatic rings. The molecule has 0 aromatic heterocycles. The van der Waals surface area contributed by atoms with Gasteiger partial charge in [-0.25, -0.2) is 13.9 Å². The SMILES string of the molecule is COc1ccc(S(=O)(=O)N(CCC(=O)NO)CCc2ccc(OC)c(OC)c2)cc1. The molecule has 0 aliphatic heterocycles. The van der Waals surface area contributed by atoms with Crippen LogP contribution < -0.4 is 19.7 Å². The molecular weight excluding hydrogens is 412 g/mol. The van der Waals surface area contributed by atoms with Gasteiger partial charge >= 0.3 is 0 Å². The van der Waals surface area contributed by atoms with Gasteiger partial charge in [0.1, 0.15) is 5.75 Å². The maximum Gasteiger partial charge on any atom is 0.244 e. The predicted octanol–water partition coefficient (Wildman–Crippen LogP) is 1.84. The number of hydroxylamine groups is 1. The van der Waals surface area contributed by atoms with E-state index in [4.69, 9.17) is 19.4 Å². The molecule has 10 heteroatoms. The Hall–Kier alpha value is -2.82. The monoisotopic (exact) mass is 438 g/mol. The van der Waals surface area contributed by atoms with Gasteiger partial charge in [-0.05, 0) is 48.4 Å². The van der Waals surface area contributed by atoms with Crippen LogP contribution in [0.3, 0.4) is 0 Å². The molecule has 0 aliphatic rings. The molecule has 0 spiro atoms. The number of amides is 1. The largest absolute Gasteiger partial charge is 0.497 e. The van der Waals surface area contributed by atoms with E-state index in [0.717, 1.165) is 5.56 Å². The molecule has 0 saturated carbocycles. The average Bonchev–Trinajstić information content (AvgIpc) is 2.78. The van der Waals surface area contributed by atoms with Crippen LogP contribution in [-0.4, -0.2) is 58.3 Å². The van der Waals surface area contributed by atoms with Gasteiger partial charge in [0.25, 0.3) is 0 Å². The van der Waals surface area contributed by atoms with Crippen LogP contribution >= 0.6 is 0 Å². The van der Waals surface area contributed by atoms with Crippen LogP contribution in [0.4, 0.5) is 0 Å². The molecule has 0 fully saturated rings. The summed E-state index contributed by atoms with van der Waals surface area (Å²) in [6, 6.07) is 11.3. The van der Waals surface area contributed by atoms with E-state index in [-0.39, 0.29) is 24.4 Å². The topological polar surface area (TPSA) is 114 Å². The van der Waals surface area contributed by atoms with Gasteiger partial charge in [0.2, 0.25) is 15.9 Å². The summed E-state index contributed by atoms with van der Waals surface area (Å²) in [5.74, 6) is 0.976. The lowest BCUT2D eigenvalue weighted by Gasteiger charge is -2.22. The van der Waals surface area contributed by atoms with Crippen LogP contribution in [0.1, 0.15) is 12.0 Å². The van der Waals surface area contributed by atoms with E-state index < -0.39 is 15.9 Å². The number of nitrogens with zero attached hydrogens (tertiary/aromatic N) is 1. The third-order valence-corrected chi connectivity index (χ3v) is 6.42. The minimum atomic E-state index is -3.87. The number of ether oxygens (including phenoxy) is 3. The number of methoxy groups -OCH3 is 3. The molecular formula is C20H26N2O7S. The highest BCUT2D eigenvalue weighted by Gasteiger charge is 2.25. The Kier molecular flexibility index (Phi) is 8.46. The quantitative estimate of drug-likeness (QED) is 0.406. The maximum atomic E-state index is 13.1. The number of rotatable bonds is 11. The standard InChI is InChI=1S/C20H26N2O7S/c1-27-16-5-7-17(8-6-16)30(25,26)22(13-11-20(23)21-24)12-10-15-4-9-18(28-2)19(14-15)29-3/h4-9,14,24H,10-13H2,1-3H3,(H,21,23). The predicted molar refractivity (Wildman–Crippen MR) is 110 cm³/mol. The van der Waals surface area contributed by atoms with E-state index >= 15 is 0 Å². The second kappa shape index (κ2) is 10.8. The van der Waals surface area contributed by atoms with Gasteiger partial charge in [0.15, 0.2) is 11.5 Å². The molecule has 2 N–H and O–H groups in total. The average molecular weight is 439 g/mol. The van der Waals surface area contributed by atoms with E-state index in [1.807, 2.05) is 6.07 Å². The van der Waals surface area contributed by atoms with Crippen LogP contribution in [0.25, 0.3) is 0 Å². The molecule has 2 rings (SSSR count). The summed E-state index contributed by atoms with van der Waals surface area (Å²) in [6.45, 7) is 0.0383. The number of hydrogen-bond acceptors (Lipinski definition) is 7. The van der Waals surface area contributed by atoms with E-state index in [2.05, 4.69) is 0 Å². The number of hydrogen-bond donors (Lipinski definition) is 2. The number of benzene rings is 2. The lowest BCUT2D eigenvalue weighted by Crippen LogP contribution is -2.36. The first-order valence-corrected chi connectivity index (χ1v) is 10.6. The fraction of sp³-hybridized carbons (Fsp3) is 0.350. The molecule has 0 saturated heterocycles. The second-order valence-electron chi connectivity index (χ2n) is 6.30. The summed E-state index contributed by atoms with van der Waals surface area (Å²) in [6.07, 6.45) is 0.203. The van der Waals surface area contributed by atoms with E-state index in [9.17, 15) is 13.2 Å². The highest BCUT2D eigenvalue weighted by molar-refractivity contribution is 7.89. The summed E-state index contributed by atoms with van der Waals surface area (Å²) in [5, 5.41) is 8.73. The Morgan fingerprint density at radius 1 is 0.967 bits per heavy atom. The van der Waals surface area contributed by atoms with Crippen molar-refractivity contribution in [2.24, 2.45) is 0 Å². The van der Waals surface area contributed by atoms with Gasteiger partial charge in [0, 0.05) is 19.5 Å². The van der Waals surface area contributed by atoms with Gasteiger partial charge < -0.3 is 14.2 Å². The normalized spacial score (nSPS) is 11.2. The highest BCUT2D eigenvalue weighted by Crippen LogP contribution is 2.28. The summed E-state index contributed by atoms with van der Waals surface area (Å²) in [7, 11) is 0.682. The van der Waals surface area contributed by atoms with Crippen molar-refractivity contribution in [2.45, 2.75) is 17.7 Å². The fourth-order valence-electron chi connectivity index (χ4n) is 2.82. The number of carbonyl (C=O) groups is 1. The maximum absolute atomic E-state index is 13.1. The third-order valence-electron chi connectivity index (χ3n) is 4.51. The third kappa shape index (κ3) is 5.85. The van der Waals surface area contributed by atoms with E-state index in [1.54, 1.807) is 24.3 Å². The van der Waals surface area contributed by atoms with Crippen molar-refractivity contribution in [2.75, 3.05) is 34.4 Å². The summed E-state index contributed by atoms with van der Waals surface area (Å²) in [4.78, 5) is 11.5. The van der Waals surface area contributed by atoms with E-state index in [1.165, 1.54) is 43.2 Å². The molecule has 164 valence electrons. The van der Waals surface area contributed by atoms with Crippen molar-refractivity contribution in [3.63, 3.8) is 0 Å². The zero-order valence-corrected chi connectivity index (χ0v) is 17.9. The first-order valence-electron chi connectivity index (χ1n) is 9.13. The van der Waals surface area contributed by atoms with Gasteiger partial charge in [-0.2, -0.15) is 4.31 Å². The summed E-state index contributed by atoms with van der Waals surface area (Å²) in [5.41, 5.74) is 2.36. The molecule has 30 heavy (non-hydrogen) atoms. The number of carbonyl (C=O) groups excluding carboxylic acids is 1. The van der Waals surface area contributed by atoms with Crippen LogP contribution in [0.15, 0.2) is 47.4 Å². The second-order valence-corrected chi connectivity index (χ2v) is 8.24. The minimum Gasteiger partial charge on any atom is -0.497 e. The van der Waals surface area contributed by atoms with Crippen LogP contribution in [0.5, 0.6) is 17.2 Å². The van der Waals surface area contributed by atoms with Crippen molar-refractivity contribution >= 4 is 15.9 Å². The molecule has 0 heterocycles. The van der Waals surface area contributed by atoms with Crippen molar-refractivity contribution in [3.05, 3.63) is 48.0 Å². The first-order chi connectivity index (χ1) is 14.3. The van der Waals surface area contributed by atoms with Gasteiger partial charge in [0.05, 0.1) is 26.2 Å². The van der Waals surface area contributed by atoms with Crippen LogP contribution in [0.2, 0.25) is 0 Å². The lowest BCUT2D eigenvalue weighted by molar-refractivity contribution is -0.129.